The third kappa shape index (κ3) is 3.69. The number of carbonyl (C=O) groups excluding carboxylic acids is 1. The number of aromatic nitrogens is 2. The van der Waals surface area contributed by atoms with Crippen LogP contribution in [-0.2, 0) is 24.2 Å². The first-order chi connectivity index (χ1) is 8.63. The monoisotopic (exact) mass is 311 g/mol. The van der Waals surface area contributed by atoms with Gasteiger partial charge in [-0.3, -0.25) is 14.8 Å². The molecule has 5 heteroatoms. The van der Waals surface area contributed by atoms with Crippen molar-refractivity contribution in [1.29, 1.82) is 0 Å². The number of aryl methyl sites for hydroxylation is 2. The highest BCUT2D eigenvalue weighted by molar-refractivity contribution is 9.10. The van der Waals surface area contributed by atoms with E-state index in [2.05, 4.69) is 32.3 Å². The van der Waals surface area contributed by atoms with Crippen LogP contribution >= 0.6 is 15.9 Å². The van der Waals surface area contributed by atoms with Crippen molar-refractivity contribution in [3.8, 4) is 12.3 Å². The smallest absolute Gasteiger partial charge is 0.152 e. The molecular formula is C13H18BrN3O. The Labute approximate surface area is 116 Å². The number of hydrogen-bond acceptors (Lipinski definition) is 3. The van der Waals surface area contributed by atoms with Gasteiger partial charge >= 0.3 is 0 Å². The van der Waals surface area contributed by atoms with Crippen molar-refractivity contribution in [2.24, 2.45) is 0 Å². The minimum Gasteiger partial charge on any atom is -0.299 e. The first kappa shape index (κ1) is 14.9. The summed E-state index contributed by atoms with van der Waals surface area (Å²) in [6, 6.07) is 0. The Morgan fingerprint density at radius 2 is 2.28 bits per heavy atom. The second-order valence-corrected chi connectivity index (χ2v) is 4.69. The Hall–Kier alpha value is -1.12. The van der Waals surface area contributed by atoms with Crippen molar-refractivity contribution in [2.75, 3.05) is 13.1 Å². The Bertz CT molecular complexity index is 460. The lowest BCUT2D eigenvalue weighted by Crippen LogP contribution is -2.25. The van der Waals surface area contributed by atoms with Gasteiger partial charge < -0.3 is 0 Å². The maximum Gasteiger partial charge on any atom is 0.152 e. The summed E-state index contributed by atoms with van der Waals surface area (Å²) in [5.41, 5.74) is 1.94. The topological polar surface area (TPSA) is 46.9 Å². The summed E-state index contributed by atoms with van der Waals surface area (Å²) >= 11 is 3.53. The summed E-state index contributed by atoms with van der Waals surface area (Å²) in [5.74, 6) is 2.56. The van der Waals surface area contributed by atoms with Gasteiger partial charge in [0.2, 0.25) is 0 Å². The van der Waals surface area contributed by atoms with Crippen LogP contribution in [0.3, 0.4) is 0 Å². The number of ketones is 1. The van der Waals surface area contributed by atoms with Crippen LogP contribution in [0, 0.1) is 12.3 Å². The number of carbonyl (C=O) groups is 1. The number of nitrogens with one attached hydrogen (secondary N) is 1. The van der Waals surface area contributed by atoms with Crippen LogP contribution in [0.2, 0.25) is 0 Å². The predicted octanol–water partition coefficient (Wildman–Crippen LogP) is 1.56. The molecular weight excluding hydrogens is 294 g/mol. The highest BCUT2D eigenvalue weighted by Crippen LogP contribution is 2.22. The predicted molar refractivity (Wildman–Crippen MR) is 75.4 cm³/mol. The first-order valence-electron chi connectivity index (χ1n) is 6.03. The van der Waals surface area contributed by atoms with Gasteiger partial charge in [-0.1, -0.05) is 12.8 Å². The van der Waals surface area contributed by atoms with Gasteiger partial charge in [-0.15, -0.1) is 6.42 Å². The summed E-state index contributed by atoms with van der Waals surface area (Å²) in [6.45, 7) is 5.54. The molecule has 0 saturated carbocycles. The van der Waals surface area contributed by atoms with E-state index in [1.54, 1.807) is 0 Å². The molecule has 4 nitrogen and oxygen atoms in total. The molecule has 1 rings (SSSR count). The quantitative estimate of drug-likeness (QED) is 0.614. The van der Waals surface area contributed by atoms with Crippen molar-refractivity contribution in [3.05, 3.63) is 15.9 Å². The highest BCUT2D eigenvalue weighted by Gasteiger charge is 2.16. The standard InChI is InChI=1S/C13H18BrN3O/c1-4-7-15-9-10(18)8-12-13(14)11(5-2)16-17(12)6-3/h1,15H,5-9H2,2-3H3. The average molecular weight is 312 g/mol. The van der Waals surface area contributed by atoms with Crippen molar-refractivity contribution in [3.63, 3.8) is 0 Å². The van der Waals surface area contributed by atoms with E-state index >= 15 is 0 Å². The third-order valence-electron chi connectivity index (χ3n) is 2.61. The van der Waals surface area contributed by atoms with Gasteiger partial charge in [0.1, 0.15) is 0 Å². The molecule has 0 saturated heterocycles. The van der Waals surface area contributed by atoms with Gasteiger partial charge in [-0.2, -0.15) is 5.10 Å². The van der Waals surface area contributed by atoms with E-state index in [4.69, 9.17) is 6.42 Å². The van der Waals surface area contributed by atoms with E-state index in [9.17, 15) is 4.79 Å². The van der Waals surface area contributed by atoms with Crippen molar-refractivity contribution in [1.82, 2.24) is 15.1 Å². The molecule has 0 aliphatic carbocycles. The lowest BCUT2D eigenvalue weighted by Gasteiger charge is -2.05. The van der Waals surface area contributed by atoms with E-state index in [1.165, 1.54) is 0 Å². The van der Waals surface area contributed by atoms with Crippen LogP contribution in [0.25, 0.3) is 0 Å². The number of halogens is 1. The lowest BCUT2D eigenvalue weighted by molar-refractivity contribution is -0.117. The second-order valence-electron chi connectivity index (χ2n) is 3.90. The fraction of sp³-hybridized carbons (Fsp3) is 0.538. The Morgan fingerprint density at radius 1 is 1.56 bits per heavy atom. The first-order valence-corrected chi connectivity index (χ1v) is 6.83. The van der Waals surface area contributed by atoms with Crippen LogP contribution in [0.5, 0.6) is 0 Å². The van der Waals surface area contributed by atoms with Crippen molar-refractivity contribution >= 4 is 21.7 Å². The molecule has 98 valence electrons. The van der Waals surface area contributed by atoms with Crippen molar-refractivity contribution < 1.29 is 4.79 Å². The Balaban J connectivity index is 2.74. The second kappa shape index (κ2) is 7.34. The van der Waals surface area contributed by atoms with Gasteiger partial charge in [-0.05, 0) is 29.3 Å². The molecule has 0 atom stereocenters. The number of nitrogens with zero attached hydrogens (tertiary/aromatic N) is 2. The zero-order chi connectivity index (χ0) is 13.5. The van der Waals surface area contributed by atoms with E-state index < -0.39 is 0 Å². The van der Waals surface area contributed by atoms with Crippen LogP contribution in [0.1, 0.15) is 25.2 Å². The fourth-order valence-corrected chi connectivity index (χ4v) is 2.41. The lowest BCUT2D eigenvalue weighted by atomic mass is 10.2. The number of rotatable bonds is 7. The van der Waals surface area contributed by atoms with Crippen molar-refractivity contribution in [2.45, 2.75) is 33.2 Å². The van der Waals surface area contributed by atoms with Crippen LogP contribution in [-0.4, -0.2) is 28.7 Å². The number of terminal acetylenes is 1. The Kier molecular flexibility index (Phi) is 6.10. The maximum atomic E-state index is 11.8. The minimum atomic E-state index is 0.114. The average Bonchev–Trinajstić information content (AvgIpc) is 2.66. The molecule has 0 aromatic carbocycles. The molecule has 0 unspecified atom stereocenters. The SMILES string of the molecule is C#CCNCC(=O)Cc1c(Br)c(CC)nn1CC. The third-order valence-corrected chi connectivity index (χ3v) is 3.52. The van der Waals surface area contributed by atoms with E-state index in [1.807, 2.05) is 18.5 Å². The highest BCUT2D eigenvalue weighted by atomic mass is 79.9. The summed E-state index contributed by atoms with van der Waals surface area (Å²) < 4.78 is 2.83. The number of hydrogen-bond donors (Lipinski definition) is 1. The molecule has 18 heavy (non-hydrogen) atoms. The molecule has 1 N–H and O–H groups in total. The maximum absolute atomic E-state index is 11.8. The Morgan fingerprint density at radius 3 is 2.83 bits per heavy atom. The van der Waals surface area contributed by atoms with E-state index in [0.29, 0.717) is 19.5 Å². The molecule has 0 aliphatic rings. The van der Waals surface area contributed by atoms with Gasteiger partial charge in [0.05, 0.1) is 35.4 Å². The molecule has 1 heterocycles. The molecule has 1 aromatic rings. The zero-order valence-corrected chi connectivity index (χ0v) is 12.4. The van der Waals surface area contributed by atoms with Gasteiger partial charge in [0.15, 0.2) is 5.78 Å². The van der Waals surface area contributed by atoms with Gasteiger partial charge in [0.25, 0.3) is 0 Å². The molecule has 0 aliphatic heterocycles. The summed E-state index contributed by atoms with van der Waals surface area (Å²) in [4.78, 5) is 11.8. The van der Waals surface area contributed by atoms with Crippen LogP contribution in [0.15, 0.2) is 4.47 Å². The minimum absolute atomic E-state index is 0.114. The largest absolute Gasteiger partial charge is 0.299 e. The van der Waals surface area contributed by atoms with E-state index in [0.717, 1.165) is 28.8 Å². The summed E-state index contributed by atoms with van der Waals surface area (Å²) in [7, 11) is 0. The molecule has 0 radical (unpaired) electrons. The number of Topliss-reactive ketones (excluding diaryl/α,β-unsaturated/α-hetero) is 1. The summed E-state index contributed by atoms with van der Waals surface area (Å²) in [6.07, 6.45) is 6.34. The van der Waals surface area contributed by atoms with Gasteiger partial charge in [-0.25, -0.2) is 0 Å². The van der Waals surface area contributed by atoms with Gasteiger partial charge in [0, 0.05) is 6.54 Å². The fourth-order valence-electron chi connectivity index (χ4n) is 1.71. The van der Waals surface area contributed by atoms with Crippen LogP contribution in [0.4, 0.5) is 0 Å². The summed E-state index contributed by atoms with van der Waals surface area (Å²) in [5, 5.41) is 7.36. The normalized spacial score (nSPS) is 10.3. The van der Waals surface area contributed by atoms with Crippen LogP contribution < -0.4 is 5.32 Å². The molecule has 0 fully saturated rings. The molecule has 0 spiro atoms. The van der Waals surface area contributed by atoms with E-state index in [-0.39, 0.29) is 5.78 Å². The molecule has 0 amide bonds. The zero-order valence-electron chi connectivity index (χ0n) is 10.8. The molecule has 1 aromatic heterocycles. The molecule has 0 bridgehead atoms.